The predicted molar refractivity (Wildman–Crippen MR) is 119 cm³/mol. The highest BCUT2D eigenvalue weighted by Crippen LogP contribution is 2.38. The Hall–Kier alpha value is -3.07. The number of amidine groups is 1. The third-order valence-electron chi connectivity index (χ3n) is 6.08. The Balaban J connectivity index is 1.34. The van der Waals surface area contributed by atoms with Crippen molar-refractivity contribution in [2.24, 2.45) is 4.40 Å². The number of carbonyl (C=O) groups excluding carboxylic acids is 1. The molecule has 5 rings (SSSR count). The average molecular weight is 456 g/mol. The maximum atomic E-state index is 13.2. The topological polar surface area (TPSA) is 88.5 Å². The van der Waals surface area contributed by atoms with Crippen LogP contribution in [0.1, 0.15) is 36.4 Å². The molecule has 168 valence electrons. The van der Waals surface area contributed by atoms with Crippen LogP contribution < -0.4 is 9.47 Å². The molecule has 0 spiro atoms. The first-order valence-electron chi connectivity index (χ1n) is 10.8. The molecular formula is C23H25N3O5S. The number of ether oxygens (including phenoxy) is 2. The normalized spacial score (nSPS) is 21.0. The van der Waals surface area contributed by atoms with Crippen LogP contribution in [-0.2, 0) is 14.8 Å². The van der Waals surface area contributed by atoms with Gasteiger partial charge in [-0.1, -0.05) is 18.2 Å². The van der Waals surface area contributed by atoms with Crippen molar-refractivity contribution in [3.05, 3.63) is 53.6 Å². The van der Waals surface area contributed by atoms with Crippen molar-refractivity contribution >= 4 is 21.8 Å². The minimum atomic E-state index is -3.72. The third kappa shape index (κ3) is 3.70. The lowest BCUT2D eigenvalue weighted by molar-refractivity contribution is -0.132. The van der Waals surface area contributed by atoms with E-state index in [0.717, 1.165) is 36.3 Å². The van der Waals surface area contributed by atoms with Gasteiger partial charge in [-0.15, -0.1) is 4.40 Å². The summed E-state index contributed by atoms with van der Waals surface area (Å²) in [6, 6.07) is 12.5. The van der Waals surface area contributed by atoms with E-state index in [1.54, 1.807) is 30.1 Å². The molecular weight excluding hydrogens is 430 g/mol. The van der Waals surface area contributed by atoms with Gasteiger partial charge in [-0.3, -0.25) is 4.79 Å². The van der Waals surface area contributed by atoms with Gasteiger partial charge in [0.1, 0.15) is 4.90 Å². The lowest BCUT2D eigenvalue weighted by atomic mass is 10.0. The Morgan fingerprint density at radius 2 is 1.91 bits per heavy atom. The molecule has 0 aliphatic carbocycles. The smallest absolute Gasteiger partial charge is 0.285 e. The van der Waals surface area contributed by atoms with E-state index in [-0.39, 0.29) is 23.4 Å². The molecule has 0 aromatic heterocycles. The van der Waals surface area contributed by atoms with Gasteiger partial charge in [0.15, 0.2) is 17.3 Å². The molecule has 3 heterocycles. The fraction of sp³-hybridized carbons (Fsp3) is 0.391. The van der Waals surface area contributed by atoms with E-state index in [0.29, 0.717) is 31.2 Å². The van der Waals surface area contributed by atoms with Crippen LogP contribution in [0, 0.1) is 0 Å². The summed E-state index contributed by atoms with van der Waals surface area (Å²) in [5, 5.41) is 0. The second-order valence-electron chi connectivity index (χ2n) is 8.24. The van der Waals surface area contributed by atoms with Crippen molar-refractivity contribution < 1.29 is 22.7 Å². The number of benzene rings is 2. The maximum absolute atomic E-state index is 13.2. The van der Waals surface area contributed by atoms with Gasteiger partial charge in [0.05, 0.1) is 25.8 Å². The van der Waals surface area contributed by atoms with Gasteiger partial charge in [0.25, 0.3) is 10.0 Å². The van der Waals surface area contributed by atoms with E-state index in [4.69, 9.17) is 9.47 Å². The standard InChI is InChI=1S/C23H25N3O5S/c1-25(23-17-6-2-3-8-21(17)32(28,29)24-23)15-22(27)26-11-4-7-18(26)16-9-10-19-20(14-16)31-13-5-12-30-19/h2-3,6,8-10,14,18H,4-5,7,11-13,15H2,1H3/t18-/m1/s1. The number of nitrogens with zero attached hydrogens (tertiary/aromatic N) is 3. The highest BCUT2D eigenvalue weighted by atomic mass is 32.2. The van der Waals surface area contributed by atoms with Crippen LogP contribution in [0.25, 0.3) is 0 Å². The van der Waals surface area contributed by atoms with Crippen LogP contribution in [0.3, 0.4) is 0 Å². The SMILES string of the molecule is CN(CC(=O)N1CCC[C@@H]1c1ccc2c(c1)OCCCO2)C1=NS(=O)(=O)c2ccccc21. The summed E-state index contributed by atoms with van der Waals surface area (Å²) < 4.78 is 40.2. The molecule has 0 bridgehead atoms. The van der Waals surface area contributed by atoms with Gasteiger partial charge in [-0.25, -0.2) is 0 Å². The number of likely N-dealkylation sites (tertiary alicyclic amines) is 1. The molecule has 0 N–H and O–H groups in total. The number of carbonyl (C=O) groups is 1. The van der Waals surface area contributed by atoms with E-state index in [1.165, 1.54) is 6.07 Å². The highest BCUT2D eigenvalue weighted by molar-refractivity contribution is 7.90. The monoisotopic (exact) mass is 455 g/mol. The third-order valence-corrected chi connectivity index (χ3v) is 7.40. The lowest BCUT2D eigenvalue weighted by Crippen LogP contribution is -2.40. The number of hydrogen-bond donors (Lipinski definition) is 0. The molecule has 0 unspecified atom stereocenters. The summed E-state index contributed by atoms with van der Waals surface area (Å²) in [5.41, 5.74) is 1.55. The largest absolute Gasteiger partial charge is 0.490 e. The lowest BCUT2D eigenvalue weighted by Gasteiger charge is -2.28. The highest BCUT2D eigenvalue weighted by Gasteiger charge is 2.34. The minimum absolute atomic E-state index is 0.0454. The second kappa shape index (κ2) is 8.12. The first-order valence-corrected chi connectivity index (χ1v) is 12.2. The number of hydrogen-bond acceptors (Lipinski definition) is 6. The summed E-state index contributed by atoms with van der Waals surface area (Å²) >= 11 is 0. The van der Waals surface area contributed by atoms with Crippen LogP contribution in [0.4, 0.5) is 0 Å². The first-order chi connectivity index (χ1) is 15.4. The van der Waals surface area contributed by atoms with E-state index in [9.17, 15) is 13.2 Å². The van der Waals surface area contributed by atoms with Gasteiger partial charge in [0.2, 0.25) is 5.91 Å². The van der Waals surface area contributed by atoms with E-state index in [2.05, 4.69) is 4.40 Å². The predicted octanol–water partition coefficient (Wildman–Crippen LogP) is 2.59. The summed E-state index contributed by atoms with van der Waals surface area (Å²) in [6.45, 7) is 1.95. The minimum Gasteiger partial charge on any atom is -0.490 e. The van der Waals surface area contributed by atoms with E-state index < -0.39 is 10.0 Å². The zero-order valence-electron chi connectivity index (χ0n) is 17.9. The quantitative estimate of drug-likeness (QED) is 0.707. The van der Waals surface area contributed by atoms with Gasteiger partial charge in [-0.05, 0) is 42.7 Å². The number of amides is 1. The molecule has 0 radical (unpaired) electrons. The van der Waals surface area contributed by atoms with E-state index in [1.807, 2.05) is 23.1 Å². The molecule has 9 heteroatoms. The fourth-order valence-corrected chi connectivity index (χ4v) is 5.78. The number of rotatable bonds is 3. The van der Waals surface area contributed by atoms with Crippen LogP contribution in [0.2, 0.25) is 0 Å². The number of sulfonamides is 1. The van der Waals surface area contributed by atoms with Crippen molar-refractivity contribution in [1.29, 1.82) is 0 Å². The summed E-state index contributed by atoms with van der Waals surface area (Å²) in [5.74, 6) is 1.70. The molecule has 0 saturated carbocycles. The summed E-state index contributed by atoms with van der Waals surface area (Å²) in [7, 11) is -2.02. The van der Waals surface area contributed by atoms with Crippen LogP contribution >= 0.6 is 0 Å². The van der Waals surface area contributed by atoms with Crippen LogP contribution in [-0.4, -0.2) is 63.3 Å². The van der Waals surface area contributed by atoms with Crippen molar-refractivity contribution in [2.75, 3.05) is 33.4 Å². The fourth-order valence-electron chi connectivity index (χ4n) is 4.53. The molecule has 2 aromatic rings. The molecule has 1 saturated heterocycles. The van der Waals surface area contributed by atoms with Gasteiger partial charge >= 0.3 is 0 Å². The van der Waals surface area contributed by atoms with Crippen LogP contribution in [0.15, 0.2) is 51.8 Å². The van der Waals surface area contributed by atoms with Gasteiger partial charge in [-0.2, -0.15) is 8.42 Å². The second-order valence-corrected chi connectivity index (χ2v) is 9.82. The summed E-state index contributed by atoms with van der Waals surface area (Å²) in [6.07, 6.45) is 2.62. The molecule has 2 aromatic carbocycles. The van der Waals surface area contributed by atoms with Crippen molar-refractivity contribution in [2.45, 2.75) is 30.2 Å². The molecule has 32 heavy (non-hydrogen) atoms. The van der Waals surface area contributed by atoms with Crippen molar-refractivity contribution in [1.82, 2.24) is 9.80 Å². The maximum Gasteiger partial charge on any atom is 0.285 e. The molecule has 1 fully saturated rings. The molecule has 1 atom stereocenters. The summed E-state index contributed by atoms with van der Waals surface area (Å²) in [4.78, 5) is 16.9. The number of fused-ring (bicyclic) bond motifs is 2. The molecule has 1 amide bonds. The van der Waals surface area contributed by atoms with Gasteiger partial charge < -0.3 is 19.3 Å². The molecule has 8 nitrogen and oxygen atoms in total. The zero-order chi connectivity index (χ0) is 22.3. The average Bonchev–Trinajstić information content (AvgIpc) is 3.29. The Morgan fingerprint density at radius 1 is 1.12 bits per heavy atom. The van der Waals surface area contributed by atoms with E-state index >= 15 is 0 Å². The zero-order valence-corrected chi connectivity index (χ0v) is 18.7. The van der Waals surface area contributed by atoms with Crippen molar-refractivity contribution in [3.63, 3.8) is 0 Å². The Labute approximate surface area is 187 Å². The number of likely N-dealkylation sites (N-methyl/N-ethyl adjacent to an activating group) is 1. The Kier molecular flexibility index (Phi) is 5.28. The Bertz CT molecular complexity index is 1190. The van der Waals surface area contributed by atoms with Crippen LogP contribution in [0.5, 0.6) is 11.5 Å². The molecule has 3 aliphatic heterocycles. The molecule has 3 aliphatic rings. The Morgan fingerprint density at radius 3 is 2.75 bits per heavy atom. The first kappa shape index (κ1) is 20.8. The van der Waals surface area contributed by atoms with Gasteiger partial charge in [0, 0.05) is 25.6 Å². The van der Waals surface area contributed by atoms with Crippen molar-refractivity contribution in [3.8, 4) is 11.5 Å².